The second kappa shape index (κ2) is 8.66. The van der Waals surface area contributed by atoms with E-state index in [2.05, 4.69) is 15.5 Å². The van der Waals surface area contributed by atoms with Crippen LogP contribution >= 0.6 is 12.2 Å². The van der Waals surface area contributed by atoms with Crippen molar-refractivity contribution >= 4 is 23.4 Å². The van der Waals surface area contributed by atoms with Gasteiger partial charge in [0.15, 0.2) is 5.11 Å². The van der Waals surface area contributed by atoms with E-state index >= 15 is 0 Å². The van der Waals surface area contributed by atoms with Crippen molar-refractivity contribution in [3.05, 3.63) is 35.9 Å². The Hall–Kier alpha value is -1.90. The fraction of sp³-hybridized carbons (Fsp3) is 0.556. The van der Waals surface area contributed by atoms with E-state index in [-0.39, 0.29) is 6.09 Å². The predicted molar refractivity (Wildman–Crippen MR) is 103 cm³/mol. The second-order valence-electron chi connectivity index (χ2n) is 6.88. The summed E-state index contributed by atoms with van der Waals surface area (Å²) in [5.41, 5.74) is 0.371. The number of nitrogens with one attached hydrogen (secondary N) is 2. The number of thiocarbonyl (C=S) groups is 1. The standard InChI is InChI=1S/C18H26N4O3S/c23-17(25-11-10-21-13-19-16(26)20-14-21)22-8-6-18(24,7-9-22)12-15-4-2-1-3-5-15/h1-5,24H,6-14H2,(H2,19,20,26). The molecule has 1 amide bonds. The van der Waals surface area contributed by atoms with Crippen molar-refractivity contribution in [3.63, 3.8) is 0 Å². The first-order chi connectivity index (χ1) is 12.5. The van der Waals surface area contributed by atoms with Crippen LogP contribution in [0.1, 0.15) is 18.4 Å². The van der Waals surface area contributed by atoms with Gasteiger partial charge in [-0.3, -0.25) is 4.90 Å². The number of nitrogens with zero attached hydrogens (tertiary/aromatic N) is 2. The molecular formula is C18H26N4O3S. The Morgan fingerprint density at radius 1 is 1.19 bits per heavy atom. The number of amides is 1. The van der Waals surface area contributed by atoms with Gasteiger partial charge >= 0.3 is 6.09 Å². The highest BCUT2D eigenvalue weighted by Gasteiger charge is 2.34. The Morgan fingerprint density at radius 2 is 1.85 bits per heavy atom. The molecule has 2 aliphatic rings. The summed E-state index contributed by atoms with van der Waals surface area (Å²) in [5.74, 6) is 0. The van der Waals surface area contributed by atoms with E-state index in [4.69, 9.17) is 17.0 Å². The summed E-state index contributed by atoms with van der Waals surface area (Å²) < 4.78 is 5.37. The van der Waals surface area contributed by atoms with Crippen LogP contribution in [0.5, 0.6) is 0 Å². The third-order valence-electron chi connectivity index (χ3n) is 4.89. The fourth-order valence-electron chi connectivity index (χ4n) is 3.26. The van der Waals surface area contributed by atoms with Crippen LogP contribution in [0.15, 0.2) is 30.3 Å². The van der Waals surface area contributed by atoms with Gasteiger partial charge in [0.05, 0.1) is 18.9 Å². The van der Waals surface area contributed by atoms with Gasteiger partial charge in [-0.15, -0.1) is 0 Å². The third kappa shape index (κ3) is 5.30. The quantitative estimate of drug-likeness (QED) is 0.657. The van der Waals surface area contributed by atoms with Gasteiger partial charge in [-0.05, 0) is 30.6 Å². The molecule has 0 atom stereocenters. The lowest BCUT2D eigenvalue weighted by atomic mass is 9.85. The molecule has 142 valence electrons. The molecule has 7 nitrogen and oxygen atoms in total. The zero-order valence-corrected chi connectivity index (χ0v) is 15.6. The highest BCUT2D eigenvalue weighted by Crippen LogP contribution is 2.26. The minimum atomic E-state index is -0.748. The van der Waals surface area contributed by atoms with Crippen LogP contribution in [0.3, 0.4) is 0 Å². The Labute approximate surface area is 159 Å². The fourth-order valence-corrected chi connectivity index (χ4v) is 3.38. The van der Waals surface area contributed by atoms with E-state index in [1.54, 1.807) is 4.90 Å². The molecule has 3 N–H and O–H groups in total. The first-order valence-electron chi connectivity index (χ1n) is 8.96. The van der Waals surface area contributed by atoms with Gasteiger partial charge in [0.2, 0.25) is 0 Å². The molecule has 0 aromatic heterocycles. The number of aliphatic hydroxyl groups is 1. The number of ether oxygens (including phenoxy) is 1. The predicted octanol–water partition coefficient (Wildman–Crippen LogP) is 0.887. The van der Waals surface area contributed by atoms with Crippen LogP contribution in [0.4, 0.5) is 4.79 Å². The topological polar surface area (TPSA) is 77.1 Å². The van der Waals surface area contributed by atoms with Crippen molar-refractivity contribution in [1.82, 2.24) is 20.4 Å². The molecule has 1 aromatic rings. The lowest BCUT2D eigenvalue weighted by molar-refractivity contribution is -0.0205. The molecule has 1 aromatic carbocycles. The van der Waals surface area contributed by atoms with Crippen molar-refractivity contribution in [2.45, 2.75) is 24.9 Å². The maximum absolute atomic E-state index is 12.2. The summed E-state index contributed by atoms with van der Waals surface area (Å²) in [6.45, 7) is 3.31. The summed E-state index contributed by atoms with van der Waals surface area (Å²) >= 11 is 5.00. The highest BCUT2D eigenvalue weighted by atomic mass is 32.1. The molecule has 3 rings (SSSR count). The summed E-state index contributed by atoms with van der Waals surface area (Å²) in [6.07, 6.45) is 1.44. The van der Waals surface area contributed by atoms with Gasteiger partial charge in [0, 0.05) is 26.1 Å². The van der Waals surface area contributed by atoms with Crippen molar-refractivity contribution < 1.29 is 14.6 Å². The van der Waals surface area contributed by atoms with Gasteiger partial charge in [0.1, 0.15) is 6.61 Å². The molecule has 0 saturated carbocycles. The Bertz CT molecular complexity index is 610. The van der Waals surface area contributed by atoms with Crippen molar-refractivity contribution in [1.29, 1.82) is 0 Å². The molecule has 2 fully saturated rings. The largest absolute Gasteiger partial charge is 0.448 e. The van der Waals surface area contributed by atoms with Crippen LogP contribution in [0.2, 0.25) is 0 Å². The van der Waals surface area contributed by atoms with Gasteiger partial charge in [-0.2, -0.15) is 0 Å². The number of hydrogen-bond donors (Lipinski definition) is 3. The van der Waals surface area contributed by atoms with Gasteiger partial charge < -0.3 is 25.4 Å². The molecule has 0 aliphatic carbocycles. The average Bonchev–Trinajstić information content (AvgIpc) is 2.64. The lowest BCUT2D eigenvalue weighted by Crippen LogP contribution is -2.54. The van der Waals surface area contributed by atoms with Crippen LogP contribution in [0.25, 0.3) is 0 Å². The molecule has 0 unspecified atom stereocenters. The molecule has 0 spiro atoms. The normalized spacial score (nSPS) is 20.2. The number of carbonyl (C=O) groups is 1. The van der Waals surface area contributed by atoms with E-state index in [1.165, 1.54) is 0 Å². The van der Waals surface area contributed by atoms with Gasteiger partial charge in [-0.25, -0.2) is 4.79 Å². The van der Waals surface area contributed by atoms with Gasteiger partial charge in [0.25, 0.3) is 0 Å². The molecule has 8 heteroatoms. The zero-order valence-electron chi connectivity index (χ0n) is 14.8. The zero-order chi connectivity index (χ0) is 18.4. The third-order valence-corrected chi connectivity index (χ3v) is 5.18. The van der Waals surface area contributed by atoms with E-state index in [1.807, 2.05) is 30.3 Å². The highest BCUT2D eigenvalue weighted by molar-refractivity contribution is 7.80. The maximum Gasteiger partial charge on any atom is 0.409 e. The molecule has 2 saturated heterocycles. The number of rotatable bonds is 5. The SMILES string of the molecule is O=C(OCCN1CNC(=S)NC1)N1CCC(O)(Cc2ccccc2)CC1. The lowest BCUT2D eigenvalue weighted by Gasteiger charge is -2.38. The van der Waals surface area contributed by atoms with Crippen molar-refractivity contribution in [2.75, 3.05) is 39.6 Å². The van der Waals surface area contributed by atoms with E-state index < -0.39 is 5.60 Å². The van der Waals surface area contributed by atoms with Crippen LogP contribution in [0, 0.1) is 0 Å². The van der Waals surface area contributed by atoms with Crippen molar-refractivity contribution in [2.24, 2.45) is 0 Å². The molecule has 0 radical (unpaired) electrons. The Morgan fingerprint density at radius 3 is 2.50 bits per heavy atom. The summed E-state index contributed by atoms with van der Waals surface area (Å²) in [7, 11) is 0. The number of carbonyl (C=O) groups excluding carboxylic acids is 1. The Balaban J connectivity index is 1.37. The van der Waals surface area contributed by atoms with E-state index in [0.717, 1.165) is 5.56 Å². The molecule has 2 heterocycles. The first kappa shape index (κ1) is 18.9. The second-order valence-corrected chi connectivity index (χ2v) is 7.29. The average molecular weight is 378 g/mol. The van der Waals surface area contributed by atoms with Crippen LogP contribution in [-0.2, 0) is 11.2 Å². The van der Waals surface area contributed by atoms with Crippen LogP contribution < -0.4 is 10.6 Å². The van der Waals surface area contributed by atoms with Gasteiger partial charge in [-0.1, -0.05) is 30.3 Å². The number of hydrogen-bond acceptors (Lipinski definition) is 5. The van der Waals surface area contributed by atoms with E-state index in [0.29, 0.717) is 64.0 Å². The number of piperidine rings is 1. The van der Waals surface area contributed by atoms with Crippen molar-refractivity contribution in [3.8, 4) is 0 Å². The van der Waals surface area contributed by atoms with E-state index in [9.17, 15) is 9.90 Å². The Kier molecular flexibility index (Phi) is 6.29. The summed E-state index contributed by atoms with van der Waals surface area (Å²) in [6, 6.07) is 9.97. The smallest absolute Gasteiger partial charge is 0.409 e. The number of likely N-dealkylation sites (tertiary alicyclic amines) is 1. The maximum atomic E-state index is 12.2. The minimum absolute atomic E-state index is 0.305. The molecule has 2 aliphatic heterocycles. The minimum Gasteiger partial charge on any atom is -0.448 e. The van der Waals surface area contributed by atoms with Crippen LogP contribution in [-0.4, -0.2) is 71.3 Å². The molecular weight excluding hydrogens is 352 g/mol. The summed E-state index contributed by atoms with van der Waals surface area (Å²) in [4.78, 5) is 16.0. The molecule has 26 heavy (non-hydrogen) atoms. The first-order valence-corrected chi connectivity index (χ1v) is 9.37. The molecule has 0 bridgehead atoms. The monoisotopic (exact) mass is 378 g/mol. The summed E-state index contributed by atoms with van der Waals surface area (Å²) in [5, 5.41) is 17.5. The number of benzene rings is 1.